The van der Waals surface area contributed by atoms with Crippen LogP contribution in [0, 0.1) is 5.92 Å². The molecule has 7 heteroatoms. The molecule has 1 saturated heterocycles. The van der Waals surface area contributed by atoms with Gasteiger partial charge in [-0.25, -0.2) is 0 Å². The van der Waals surface area contributed by atoms with Crippen LogP contribution < -0.4 is 4.72 Å². The fraction of sp³-hybridized carbons (Fsp3) is 0.889. The molecule has 2 aliphatic rings. The molecule has 0 bridgehead atoms. The van der Waals surface area contributed by atoms with Gasteiger partial charge in [0, 0.05) is 19.1 Å². The van der Waals surface area contributed by atoms with Crippen LogP contribution in [0.4, 0.5) is 0 Å². The average Bonchev–Trinajstić information content (AvgIpc) is 3.01. The van der Waals surface area contributed by atoms with Gasteiger partial charge in [0.1, 0.15) is 0 Å². The van der Waals surface area contributed by atoms with E-state index in [2.05, 4.69) is 4.72 Å². The lowest BCUT2D eigenvalue weighted by Crippen LogP contribution is -2.46. The Morgan fingerprint density at radius 3 is 2.19 bits per heavy atom. The van der Waals surface area contributed by atoms with Gasteiger partial charge in [-0.3, -0.25) is 4.79 Å². The standard InChI is InChI=1S/C9H16N2O4S/c12-9(13)7-3-5-11(6-4-7)16(14,15)10-8-1-2-8/h7-8,10H,1-6H2,(H,12,13). The molecule has 16 heavy (non-hydrogen) atoms. The Morgan fingerprint density at radius 2 is 1.75 bits per heavy atom. The summed E-state index contributed by atoms with van der Waals surface area (Å²) in [4.78, 5) is 10.7. The molecule has 0 spiro atoms. The number of nitrogens with zero attached hydrogens (tertiary/aromatic N) is 1. The van der Waals surface area contributed by atoms with Gasteiger partial charge >= 0.3 is 5.97 Å². The molecule has 2 rings (SSSR count). The second-order valence-corrected chi connectivity index (χ2v) is 6.11. The summed E-state index contributed by atoms with van der Waals surface area (Å²) < 4.78 is 27.5. The molecular formula is C9H16N2O4S. The zero-order valence-corrected chi connectivity index (χ0v) is 9.74. The number of carboxylic acid groups (broad SMARTS) is 1. The molecule has 0 unspecified atom stereocenters. The van der Waals surface area contributed by atoms with Crippen molar-refractivity contribution >= 4 is 16.2 Å². The van der Waals surface area contributed by atoms with E-state index in [-0.39, 0.29) is 6.04 Å². The summed E-state index contributed by atoms with van der Waals surface area (Å²) in [5.74, 6) is -1.22. The minimum absolute atomic E-state index is 0.0993. The second-order valence-electron chi connectivity index (χ2n) is 4.41. The highest BCUT2D eigenvalue weighted by Crippen LogP contribution is 2.23. The highest BCUT2D eigenvalue weighted by molar-refractivity contribution is 7.87. The van der Waals surface area contributed by atoms with E-state index in [0.29, 0.717) is 25.9 Å². The first-order valence-corrected chi connectivity index (χ1v) is 6.93. The zero-order chi connectivity index (χ0) is 11.8. The van der Waals surface area contributed by atoms with Gasteiger partial charge in [0.15, 0.2) is 0 Å². The molecule has 92 valence electrons. The first-order valence-electron chi connectivity index (χ1n) is 5.49. The van der Waals surface area contributed by atoms with E-state index in [1.165, 1.54) is 4.31 Å². The Hall–Kier alpha value is -0.660. The third-order valence-corrected chi connectivity index (χ3v) is 4.71. The number of nitrogens with one attached hydrogen (secondary N) is 1. The molecule has 1 aliphatic carbocycles. The molecule has 0 amide bonds. The van der Waals surface area contributed by atoms with E-state index in [0.717, 1.165) is 12.8 Å². The Bertz CT molecular complexity index is 369. The largest absolute Gasteiger partial charge is 0.481 e. The molecule has 1 aliphatic heterocycles. The predicted octanol–water partition coefficient (Wildman–Crippen LogP) is -0.220. The summed E-state index contributed by atoms with van der Waals surface area (Å²) in [5, 5.41) is 8.80. The first-order chi connectivity index (χ1) is 7.49. The van der Waals surface area contributed by atoms with Crippen LogP contribution in [0.15, 0.2) is 0 Å². The van der Waals surface area contributed by atoms with Crippen LogP contribution in [-0.2, 0) is 15.0 Å². The minimum atomic E-state index is -3.38. The molecular weight excluding hydrogens is 232 g/mol. The highest BCUT2D eigenvalue weighted by atomic mass is 32.2. The lowest BCUT2D eigenvalue weighted by atomic mass is 9.99. The zero-order valence-electron chi connectivity index (χ0n) is 8.92. The van der Waals surface area contributed by atoms with E-state index in [1.807, 2.05) is 0 Å². The molecule has 2 fully saturated rings. The first kappa shape index (κ1) is 11.8. The summed E-state index contributed by atoms with van der Waals surface area (Å²) in [5.41, 5.74) is 0. The summed E-state index contributed by atoms with van der Waals surface area (Å²) in [6, 6.07) is 0.0993. The number of rotatable bonds is 4. The molecule has 0 radical (unpaired) electrons. The summed E-state index contributed by atoms with van der Waals surface area (Å²) in [7, 11) is -3.38. The van der Waals surface area contributed by atoms with Crippen molar-refractivity contribution in [2.75, 3.05) is 13.1 Å². The number of hydrogen-bond acceptors (Lipinski definition) is 3. The summed E-state index contributed by atoms with van der Waals surface area (Å²) >= 11 is 0. The van der Waals surface area contributed by atoms with Gasteiger partial charge in [0.05, 0.1) is 5.92 Å². The van der Waals surface area contributed by atoms with Gasteiger partial charge in [-0.1, -0.05) is 0 Å². The maximum absolute atomic E-state index is 11.8. The van der Waals surface area contributed by atoms with Gasteiger partial charge in [-0.15, -0.1) is 0 Å². The number of piperidine rings is 1. The summed E-state index contributed by atoms with van der Waals surface area (Å²) in [6.45, 7) is 0.609. The van der Waals surface area contributed by atoms with Gasteiger partial charge in [0.25, 0.3) is 10.2 Å². The molecule has 0 atom stereocenters. The van der Waals surface area contributed by atoms with Crippen molar-refractivity contribution < 1.29 is 18.3 Å². The third-order valence-electron chi connectivity index (χ3n) is 3.04. The van der Waals surface area contributed by atoms with Crippen molar-refractivity contribution in [2.24, 2.45) is 5.92 Å². The van der Waals surface area contributed by atoms with E-state index < -0.39 is 22.1 Å². The van der Waals surface area contributed by atoms with Crippen LogP contribution >= 0.6 is 0 Å². The maximum atomic E-state index is 11.8. The Kier molecular flexibility index (Phi) is 3.18. The van der Waals surface area contributed by atoms with E-state index in [4.69, 9.17) is 5.11 Å². The lowest BCUT2D eigenvalue weighted by Gasteiger charge is -2.29. The molecule has 1 heterocycles. The Balaban J connectivity index is 1.90. The van der Waals surface area contributed by atoms with Crippen molar-refractivity contribution in [1.29, 1.82) is 0 Å². The smallest absolute Gasteiger partial charge is 0.306 e. The SMILES string of the molecule is O=C(O)C1CCN(S(=O)(=O)NC2CC2)CC1. The van der Waals surface area contributed by atoms with Gasteiger partial charge in [-0.05, 0) is 25.7 Å². The van der Waals surface area contributed by atoms with Crippen LogP contribution in [0.3, 0.4) is 0 Å². The molecule has 0 aromatic rings. The highest BCUT2D eigenvalue weighted by Gasteiger charge is 2.34. The predicted molar refractivity (Wildman–Crippen MR) is 57.0 cm³/mol. The van der Waals surface area contributed by atoms with Crippen molar-refractivity contribution in [3.63, 3.8) is 0 Å². The monoisotopic (exact) mass is 248 g/mol. The van der Waals surface area contributed by atoms with Crippen LogP contribution in [-0.4, -0.2) is 42.9 Å². The molecule has 0 aromatic heterocycles. The summed E-state index contributed by atoms with van der Waals surface area (Å²) in [6.07, 6.45) is 2.62. The molecule has 2 N–H and O–H groups in total. The van der Waals surface area contributed by atoms with Gasteiger partial charge < -0.3 is 5.11 Å². The van der Waals surface area contributed by atoms with Crippen molar-refractivity contribution in [1.82, 2.24) is 9.03 Å². The van der Waals surface area contributed by atoms with Crippen LogP contribution in [0.2, 0.25) is 0 Å². The molecule has 6 nitrogen and oxygen atoms in total. The van der Waals surface area contributed by atoms with Crippen molar-refractivity contribution in [2.45, 2.75) is 31.7 Å². The van der Waals surface area contributed by atoms with Crippen molar-refractivity contribution in [3.8, 4) is 0 Å². The number of hydrogen-bond donors (Lipinski definition) is 2. The second kappa shape index (κ2) is 4.31. The van der Waals surface area contributed by atoms with E-state index in [9.17, 15) is 13.2 Å². The Labute approximate surface area is 94.8 Å². The third kappa shape index (κ3) is 2.72. The lowest BCUT2D eigenvalue weighted by molar-refractivity contribution is -0.142. The maximum Gasteiger partial charge on any atom is 0.306 e. The van der Waals surface area contributed by atoms with Crippen molar-refractivity contribution in [3.05, 3.63) is 0 Å². The minimum Gasteiger partial charge on any atom is -0.481 e. The Morgan fingerprint density at radius 1 is 1.19 bits per heavy atom. The number of carboxylic acids is 1. The topological polar surface area (TPSA) is 86.7 Å². The fourth-order valence-corrected chi connectivity index (χ4v) is 3.33. The molecule has 1 saturated carbocycles. The van der Waals surface area contributed by atoms with Gasteiger partial charge in [-0.2, -0.15) is 17.4 Å². The fourth-order valence-electron chi connectivity index (χ4n) is 1.83. The van der Waals surface area contributed by atoms with E-state index in [1.54, 1.807) is 0 Å². The number of carbonyl (C=O) groups is 1. The molecule has 0 aromatic carbocycles. The number of aliphatic carboxylic acids is 1. The normalized spacial score (nSPS) is 24.5. The average molecular weight is 248 g/mol. The van der Waals surface area contributed by atoms with Gasteiger partial charge in [0.2, 0.25) is 0 Å². The van der Waals surface area contributed by atoms with E-state index >= 15 is 0 Å². The quantitative estimate of drug-likeness (QED) is 0.720. The van der Waals surface area contributed by atoms with Crippen LogP contribution in [0.1, 0.15) is 25.7 Å². The van der Waals surface area contributed by atoms with Crippen LogP contribution in [0.25, 0.3) is 0 Å². The van der Waals surface area contributed by atoms with Crippen LogP contribution in [0.5, 0.6) is 0 Å².